The van der Waals surface area contributed by atoms with Gasteiger partial charge in [-0.1, -0.05) is 37.3 Å². The molecule has 2 aromatic heterocycles. The Bertz CT molecular complexity index is 1320. The lowest BCUT2D eigenvalue weighted by Gasteiger charge is -2.10. The molecule has 38 heavy (non-hydrogen) atoms. The number of aromatic nitrogens is 3. The number of amides is 2. The molecule has 1 aliphatic carbocycles. The third kappa shape index (κ3) is 8.84. The summed E-state index contributed by atoms with van der Waals surface area (Å²) >= 11 is 0. The summed E-state index contributed by atoms with van der Waals surface area (Å²) in [7, 11) is 1.94. The first-order chi connectivity index (χ1) is 18.4. The molecule has 0 radical (unpaired) electrons. The van der Waals surface area contributed by atoms with Gasteiger partial charge in [0.15, 0.2) is 0 Å². The molecule has 0 saturated heterocycles. The summed E-state index contributed by atoms with van der Waals surface area (Å²) in [6, 6.07) is 13.4. The number of likely N-dealkylation sites (N-methyl/N-ethyl adjacent to an activating group) is 1. The molecule has 3 aromatic rings. The zero-order valence-corrected chi connectivity index (χ0v) is 21.7. The number of hydrogen-bond donors (Lipinski definition) is 3. The van der Waals surface area contributed by atoms with Gasteiger partial charge in [0.05, 0.1) is 24.3 Å². The maximum atomic E-state index is 12.1. The number of rotatable bonds is 9. The summed E-state index contributed by atoms with van der Waals surface area (Å²) in [4.78, 5) is 27.2. The molecule has 0 aliphatic heterocycles. The lowest BCUT2D eigenvalue weighted by atomic mass is 10.0. The van der Waals surface area contributed by atoms with Crippen molar-refractivity contribution in [3.05, 3.63) is 89.9 Å². The van der Waals surface area contributed by atoms with Gasteiger partial charge < -0.3 is 16.4 Å². The number of pyridine rings is 1. The van der Waals surface area contributed by atoms with Crippen LogP contribution in [0.1, 0.15) is 43.2 Å². The zero-order valence-electron chi connectivity index (χ0n) is 21.7. The second-order valence-electron chi connectivity index (χ2n) is 9.00. The quantitative estimate of drug-likeness (QED) is 0.398. The van der Waals surface area contributed by atoms with Gasteiger partial charge in [-0.2, -0.15) is 10.4 Å². The minimum Gasteiger partial charge on any atom is -0.368 e. The predicted octanol–water partition coefficient (Wildman–Crippen LogP) is 3.92. The number of carbonyl (C=O) groups excluding carboxylic acids is 2. The van der Waals surface area contributed by atoms with E-state index in [1.54, 1.807) is 24.7 Å². The van der Waals surface area contributed by atoms with Crippen molar-refractivity contribution in [3.63, 3.8) is 0 Å². The summed E-state index contributed by atoms with van der Waals surface area (Å²) in [6.07, 6.45) is 13.5. The van der Waals surface area contributed by atoms with Crippen LogP contribution in [0.2, 0.25) is 0 Å². The monoisotopic (exact) mass is 511 g/mol. The van der Waals surface area contributed by atoms with Gasteiger partial charge in [0.1, 0.15) is 12.4 Å². The fraction of sp³-hybridized carbons (Fsp3) is 0.276. The van der Waals surface area contributed by atoms with E-state index >= 15 is 0 Å². The summed E-state index contributed by atoms with van der Waals surface area (Å²) in [5.74, 6) is 0.456. The van der Waals surface area contributed by atoms with E-state index in [9.17, 15) is 9.59 Å². The summed E-state index contributed by atoms with van der Waals surface area (Å²) in [5.41, 5.74) is 9.83. The molecule has 1 aromatic carbocycles. The predicted molar refractivity (Wildman–Crippen MR) is 148 cm³/mol. The number of nitrogens with zero attached hydrogens (tertiary/aromatic N) is 4. The van der Waals surface area contributed by atoms with Crippen LogP contribution in [0.5, 0.6) is 0 Å². The lowest BCUT2D eigenvalue weighted by Crippen LogP contribution is -2.18. The highest BCUT2D eigenvalue weighted by molar-refractivity contribution is 5.92. The molecule has 2 amide bonds. The molecule has 1 unspecified atom stereocenters. The maximum absolute atomic E-state index is 12.1. The molecule has 0 fully saturated rings. The minimum atomic E-state index is -0.450. The van der Waals surface area contributed by atoms with Crippen LogP contribution in [0.15, 0.2) is 78.8 Å². The standard InChI is InChI=1S/C18H19N5O2.C11H14N2/c19-16(24)12-23-11-15(10-21-23)14-6-7-17(20-9-14)22-18(25)8-13-4-2-1-3-5-13;1-9(8-13-2)11-5-3-10(7-12)4-6-11/h2,4-7,9-11H,1,3,8,12H2,(H2,19,24)(H,20,22,25);3-6,9,13H,8H2,1-2H3. The third-order valence-corrected chi connectivity index (χ3v) is 5.87. The SMILES string of the molecule is CNCC(C)c1ccc(C#N)cc1.NC(=O)Cn1cc(-c2ccc(NC(=O)CC3=CCCC=C3)nc2)cn1. The molecule has 1 atom stereocenters. The lowest BCUT2D eigenvalue weighted by molar-refractivity contribution is -0.118. The average molecular weight is 512 g/mol. The number of primary amides is 1. The molecule has 4 N–H and O–H groups in total. The van der Waals surface area contributed by atoms with Gasteiger partial charge in [-0.25, -0.2) is 4.98 Å². The second-order valence-corrected chi connectivity index (χ2v) is 9.00. The molecule has 1 aliphatic rings. The van der Waals surface area contributed by atoms with Crippen molar-refractivity contribution in [2.45, 2.75) is 38.6 Å². The maximum Gasteiger partial charge on any atom is 0.239 e. The number of nitriles is 1. The van der Waals surface area contributed by atoms with Crippen molar-refractivity contribution in [1.29, 1.82) is 5.26 Å². The molecular formula is C29H33N7O2. The Kier molecular flexibility index (Phi) is 10.5. The first kappa shape index (κ1) is 28.0. The van der Waals surface area contributed by atoms with Gasteiger partial charge in [-0.3, -0.25) is 14.3 Å². The Morgan fingerprint density at radius 3 is 2.53 bits per heavy atom. The van der Waals surface area contributed by atoms with Crippen LogP contribution >= 0.6 is 0 Å². The zero-order chi connectivity index (χ0) is 27.3. The molecule has 196 valence electrons. The molecule has 4 rings (SSSR count). The van der Waals surface area contributed by atoms with E-state index < -0.39 is 5.91 Å². The van der Waals surface area contributed by atoms with Crippen molar-refractivity contribution in [1.82, 2.24) is 20.1 Å². The van der Waals surface area contributed by atoms with E-state index in [1.165, 1.54) is 10.2 Å². The van der Waals surface area contributed by atoms with Crippen LogP contribution in [0, 0.1) is 11.3 Å². The minimum absolute atomic E-state index is 0.0336. The fourth-order valence-corrected chi connectivity index (χ4v) is 3.88. The van der Waals surface area contributed by atoms with Gasteiger partial charge in [-0.05, 0) is 61.2 Å². The Balaban J connectivity index is 0.000000260. The number of benzene rings is 1. The van der Waals surface area contributed by atoms with Crippen LogP contribution < -0.4 is 16.4 Å². The number of anilines is 1. The molecule has 2 heterocycles. The number of allylic oxidation sites excluding steroid dienone is 3. The Hall–Kier alpha value is -4.55. The number of carbonyl (C=O) groups is 2. The first-order valence-electron chi connectivity index (χ1n) is 12.4. The first-order valence-corrected chi connectivity index (χ1v) is 12.4. The summed E-state index contributed by atoms with van der Waals surface area (Å²) < 4.78 is 1.47. The molecule has 9 heteroatoms. The number of hydrogen-bond acceptors (Lipinski definition) is 6. The smallest absolute Gasteiger partial charge is 0.239 e. The van der Waals surface area contributed by atoms with Gasteiger partial charge in [0.2, 0.25) is 11.8 Å². The van der Waals surface area contributed by atoms with E-state index in [4.69, 9.17) is 11.0 Å². The summed E-state index contributed by atoms with van der Waals surface area (Å²) in [6.45, 7) is 3.16. The Labute approximate surface area is 223 Å². The van der Waals surface area contributed by atoms with E-state index in [0.717, 1.165) is 41.6 Å². The van der Waals surface area contributed by atoms with E-state index in [2.05, 4.69) is 45.9 Å². The average Bonchev–Trinajstić information content (AvgIpc) is 3.38. The van der Waals surface area contributed by atoms with Crippen molar-refractivity contribution in [2.75, 3.05) is 18.9 Å². The largest absolute Gasteiger partial charge is 0.368 e. The van der Waals surface area contributed by atoms with Gasteiger partial charge >= 0.3 is 0 Å². The Morgan fingerprint density at radius 1 is 1.13 bits per heavy atom. The second kappa shape index (κ2) is 14.3. The number of nitrogens with two attached hydrogens (primary N) is 1. The van der Waals surface area contributed by atoms with Crippen LogP contribution in [0.4, 0.5) is 5.82 Å². The van der Waals surface area contributed by atoms with Gasteiger partial charge in [-0.15, -0.1) is 0 Å². The van der Waals surface area contributed by atoms with Gasteiger partial charge in [0, 0.05) is 30.1 Å². The topological polar surface area (TPSA) is 139 Å². The third-order valence-electron chi connectivity index (χ3n) is 5.87. The normalized spacial score (nSPS) is 12.9. The van der Waals surface area contributed by atoms with Crippen LogP contribution in [0.25, 0.3) is 11.1 Å². The number of nitrogens with one attached hydrogen (secondary N) is 2. The summed E-state index contributed by atoms with van der Waals surface area (Å²) in [5, 5.41) is 18.6. The highest BCUT2D eigenvalue weighted by Crippen LogP contribution is 2.20. The Morgan fingerprint density at radius 2 is 1.92 bits per heavy atom. The van der Waals surface area contributed by atoms with Gasteiger partial charge in [0.25, 0.3) is 0 Å². The van der Waals surface area contributed by atoms with Crippen molar-refractivity contribution in [3.8, 4) is 17.2 Å². The van der Waals surface area contributed by atoms with Crippen LogP contribution in [-0.2, 0) is 16.1 Å². The molecule has 9 nitrogen and oxygen atoms in total. The highest BCUT2D eigenvalue weighted by atomic mass is 16.2. The van der Waals surface area contributed by atoms with E-state index in [0.29, 0.717) is 18.2 Å². The fourth-order valence-electron chi connectivity index (χ4n) is 3.88. The van der Waals surface area contributed by atoms with Crippen molar-refractivity contribution >= 4 is 17.6 Å². The molecule has 0 saturated carbocycles. The molecule has 0 spiro atoms. The van der Waals surface area contributed by atoms with E-state index in [-0.39, 0.29) is 12.5 Å². The molecular weight excluding hydrogens is 478 g/mol. The molecule has 0 bridgehead atoms. The highest BCUT2D eigenvalue weighted by Gasteiger charge is 2.09. The van der Waals surface area contributed by atoms with Crippen molar-refractivity contribution < 1.29 is 9.59 Å². The van der Waals surface area contributed by atoms with E-state index in [1.807, 2.05) is 43.5 Å². The van der Waals surface area contributed by atoms with Crippen LogP contribution in [0.3, 0.4) is 0 Å². The van der Waals surface area contributed by atoms with Crippen molar-refractivity contribution in [2.24, 2.45) is 5.73 Å². The van der Waals surface area contributed by atoms with Crippen LogP contribution in [-0.4, -0.2) is 40.2 Å².